The Kier molecular flexibility index (Phi) is 6.33. The predicted molar refractivity (Wildman–Crippen MR) is 94.2 cm³/mol. The van der Waals surface area contributed by atoms with E-state index in [9.17, 15) is 4.79 Å². The highest BCUT2D eigenvalue weighted by atomic mass is 35.5. The monoisotopic (exact) mass is 335 g/mol. The van der Waals surface area contributed by atoms with Gasteiger partial charge in [0.1, 0.15) is 6.61 Å². The van der Waals surface area contributed by atoms with E-state index in [-0.39, 0.29) is 31.0 Å². The first-order chi connectivity index (χ1) is 10.7. The van der Waals surface area contributed by atoms with Crippen LogP contribution >= 0.6 is 12.4 Å². The number of nitrogens with one attached hydrogen (secondary N) is 2. The first-order valence-electron chi connectivity index (χ1n) is 7.70. The number of amides is 1. The molecule has 2 aromatic rings. The number of ether oxygens (including phenoxy) is 1. The van der Waals surface area contributed by atoms with E-state index in [4.69, 9.17) is 4.74 Å². The highest BCUT2D eigenvalue weighted by Crippen LogP contribution is 2.24. The number of anilines is 1. The minimum Gasteiger partial charge on any atom is -0.368 e. The van der Waals surface area contributed by atoms with Crippen LogP contribution in [0.2, 0.25) is 0 Å². The van der Waals surface area contributed by atoms with Crippen molar-refractivity contribution >= 4 is 34.9 Å². The third-order valence-corrected chi connectivity index (χ3v) is 3.98. The number of aromatic nitrogens is 1. The maximum absolute atomic E-state index is 12.1. The fourth-order valence-electron chi connectivity index (χ4n) is 2.76. The number of rotatable bonds is 4. The van der Waals surface area contributed by atoms with Crippen LogP contribution in [-0.4, -0.2) is 36.7 Å². The van der Waals surface area contributed by atoms with Crippen molar-refractivity contribution in [2.24, 2.45) is 0 Å². The van der Waals surface area contributed by atoms with E-state index in [1.54, 1.807) is 6.20 Å². The van der Waals surface area contributed by atoms with E-state index in [0.29, 0.717) is 0 Å². The van der Waals surface area contributed by atoms with E-state index in [2.05, 4.69) is 15.6 Å². The Hall–Kier alpha value is -1.69. The van der Waals surface area contributed by atoms with Crippen LogP contribution < -0.4 is 10.6 Å². The summed E-state index contributed by atoms with van der Waals surface area (Å²) in [4.78, 5) is 16.5. The third-order valence-electron chi connectivity index (χ3n) is 3.98. The lowest BCUT2D eigenvalue weighted by Crippen LogP contribution is -2.34. The van der Waals surface area contributed by atoms with Crippen LogP contribution in [0.4, 0.5) is 5.69 Å². The normalized spacial score (nSPS) is 15.2. The molecule has 0 bridgehead atoms. The van der Waals surface area contributed by atoms with Crippen molar-refractivity contribution in [2.75, 3.05) is 25.0 Å². The van der Waals surface area contributed by atoms with Crippen molar-refractivity contribution in [1.82, 2.24) is 10.3 Å². The van der Waals surface area contributed by atoms with Crippen LogP contribution in [0, 0.1) is 6.92 Å². The lowest BCUT2D eigenvalue weighted by Gasteiger charge is -2.22. The van der Waals surface area contributed by atoms with Crippen LogP contribution in [0.1, 0.15) is 18.4 Å². The van der Waals surface area contributed by atoms with Gasteiger partial charge in [-0.2, -0.15) is 0 Å². The second-order valence-corrected chi connectivity index (χ2v) is 5.64. The summed E-state index contributed by atoms with van der Waals surface area (Å²) in [7, 11) is 0. The van der Waals surface area contributed by atoms with Crippen molar-refractivity contribution in [3.8, 4) is 0 Å². The first kappa shape index (κ1) is 17.7. The fourth-order valence-corrected chi connectivity index (χ4v) is 2.76. The summed E-state index contributed by atoms with van der Waals surface area (Å²) in [6, 6.07) is 7.74. The zero-order valence-electron chi connectivity index (χ0n) is 13.2. The quantitative estimate of drug-likeness (QED) is 0.901. The minimum absolute atomic E-state index is 0. The fraction of sp³-hybridized carbons (Fsp3) is 0.412. The van der Waals surface area contributed by atoms with Gasteiger partial charge in [0.15, 0.2) is 0 Å². The molecule has 6 heteroatoms. The number of benzene rings is 1. The average molecular weight is 336 g/mol. The van der Waals surface area contributed by atoms with Crippen LogP contribution in [0.3, 0.4) is 0 Å². The number of hydrogen-bond acceptors (Lipinski definition) is 4. The molecule has 124 valence electrons. The van der Waals surface area contributed by atoms with E-state index in [1.807, 2.05) is 31.2 Å². The zero-order chi connectivity index (χ0) is 15.4. The van der Waals surface area contributed by atoms with Gasteiger partial charge in [-0.25, -0.2) is 0 Å². The summed E-state index contributed by atoms with van der Waals surface area (Å²) >= 11 is 0. The van der Waals surface area contributed by atoms with Gasteiger partial charge < -0.3 is 15.4 Å². The van der Waals surface area contributed by atoms with Crippen LogP contribution in [0.25, 0.3) is 10.9 Å². The Morgan fingerprint density at radius 3 is 2.91 bits per heavy atom. The zero-order valence-corrected chi connectivity index (χ0v) is 14.0. The van der Waals surface area contributed by atoms with E-state index < -0.39 is 0 Å². The molecule has 3 rings (SSSR count). The Balaban J connectivity index is 0.00000192. The van der Waals surface area contributed by atoms with Crippen LogP contribution in [0.15, 0.2) is 30.5 Å². The molecule has 1 amide bonds. The van der Waals surface area contributed by atoms with E-state index in [0.717, 1.165) is 48.1 Å². The molecular weight excluding hydrogens is 314 g/mol. The highest BCUT2D eigenvalue weighted by Gasteiger charge is 2.15. The first-order valence-corrected chi connectivity index (χ1v) is 7.70. The molecule has 0 radical (unpaired) electrons. The summed E-state index contributed by atoms with van der Waals surface area (Å²) < 4.78 is 5.69. The molecule has 0 unspecified atom stereocenters. The maximum Gasteiger partial charge on any atom is 0.250 e. The van der Waals surface area contributed by atoms with Gasteiger partial charge >= 0.3 is 0 Å². The Morgan fingerprint density at radius 2 is 2.13 bits per heavy atom. The standard InChI is InChI=1S/C17H21N3O2.ClH/c1-12-4-5-15(14-3-2-8-19-17(12)14)20-16(21)11-22-13-6-9-18-10-7-13;/h2-5,8,13,18H,6-7,9-11H2,1H3,(H,20,21);1H. The molecule has 23 heavy (non-hydrogen) atoms. The molecule has 1 saturated heterocycles. The number of piperidine rings is 1. The number of aryl methyl sites for hydroxylation is 1. The molecule has 2 heterocycles. The number of nitrogens with zero attached hydrogens (tertiary/aromatic N) is 1. The van der Waals surface area contributed by atoms with Gasteiger partial charge in [-0.15, -0.1) is 12.4 Å². The number of pyridine rings is 1. The Morgan fingerprint density at radius 1 is 1.35 bits per heavy atom. The van der Waals surface area contributed by atoms with Gasteiger partial charge in [-0.1, -0.05) is 6.07 Å². The van der Waals surface area contributed by atoms with Crippen LogP contribution in [0.5, 0.6) is 0 Å². The van der Waals surface area contributed by atoms with Crippen molar-refractivity contribution in [3.05, 3.63) is 36.0 Å². The number of carbonyl (C=O) groups is 1. The molecule has 1 aromatic heterocycles. The molecule has 0 atom stereocenters. The number of fused-ring (bicyclic) bond motifs is 1. The van der Waals surface area contributed by atoms with Gasteiger partial charge in [0.25, 0.3) is 0 Å². The number of hydrogen-bond donors (Lipinski definition) is 2. The molecule has 0 aliphatic carbocycles. The lowest BCUT2D eigenvalue weighted by molar-refractivity contribution is -0.123. The van der Waals surface area contributed by atoms with Crippen molar-refractivity contribution in [1.29, 1.82) is 0 Å². The Bertz CT molecular complexity index is 672. The SMILES string of the molecule is Cc1ccc(NC(=O)COC2CCNCC2)c2cccnc12.Cl. The average Bonchev–Trinajstić information content (AvgIpc) is 2.57. The molecule has 0 saturated carbocycles. The molecule has 2 N–H and O–H groups in total. The molecule has 1 fully saturated rings. The van der Waals surface area contributed by atoms with Gasteiger partial charge in [0, 0.05) is 11.6 Å². The van der Waals surface area contributed by atoms with Crippen molar-refractivity contribution in [3.63, 3.8) is 0 Å². The number of halogens is 1. The molecule has 5 nitrogen and oxygen atoms in total. The smallest absolute Gasteiger partial charge is 0.250 e. The third kappa shape index (κ3) is 4.41. The van der Waals surface area contributed by atoms with Gasteiger partial charge in [-0.05, 0) is 56.6 Å². The molecule has 1 aromatic carbocycles. The predicted octanol–water partition coefficient (Wildman–Crippen LogP) is 2.67. The maximum atomic E-state index is 12.1. The van der Waals surface area contributed by atoms with Crippen molar-refractivity contribution in [2.45, 2.75) is 25.9 Å². The highest BCUT2D eigenvalue weighted by molar-refractivity contribution is 6.02. The van der Waals surface area contributed by atoms with Crippen LogP contribution in [-0.2, 0) is 9.53 Å². The molecular formula is C17H22ClN3O2. The topological polar surface area (TPSA) is 63.2 Å². The molecule has 1 aliphatic heterocycles. The summed E-state index contributed by atoms with van der Waals surface area (Å²) in [5.41, 5.74) is 2.80. The largest absolute Gasteiger partial charge is 0.368 e. The minimum atomic E-state index is -0.118. The second kappa shape index (κ2) is 8.24. The summed E-state index contributed by atoms with van der Waals surface area (Å²) in [5, 5.41) is 7.17. The van der Waals surface area contributed by atoms with Crippen molar-refractivity contribution < 1.29 is 9.53 Å². The van der Waals surface area contributed by atoms with Gasteiger partial charge in [0.05, 0.1) is 17.3 Å². The van der Waals surface area contributed by atoms with Gasteiger partial charge in [-0.3, -0.25) is 9.78 Å². The van der Waals surface area contributed by atoms with E-state index >= 15 is 0 Å². The second-order valence-electron chi connectivity index (χ2n) is 5.64. The van der Waals surface area contributed by atoms with Gasteiger partial charge in [0.2, 0.25) is 5.91 Å². The molecule has 0 spiro atoms. The Labute approximate surface area is 142 Å². The summed E-state index contributed by atoms with van der Waals surface area (Å²) in [6.07, 6.45) is 3.87. The summed E-state index contributed by atoms with van der Waals surface area (Å²) in [6.45, 7) is 4.03. The van der Waals surface area contributed by atoms with E-state index in [1.165, 1.54) is 0 Å². The summed E-state index contributed by atoms with van der Waals surface area (Å²) in [5.74, 6) is -0.118. The molecule has 1 aliphatic rings. The lowest BCUT2D eigenvalue weighted by atomic mass is 10.1. The number of carbonyl (C=O) groups excluding carboxylic acids is 1.